The molecule has 1 atom stereocenters. The van der Waals surface area contributed by atoms with E-state index in [1.165, 1.54) is 12.1 Å². The summed E-state index contributed by atoms with van der Waals surface area (Å²) in [5.74, 6) is -4.10. The smallest absolute Gasteiger partial charge is 0.224 e. The second kappa shape index (κ2) is 8.11. The van der Waals surface area contributed by atoms with Gasteiger partial charge in [0.25, 0.3) is 0 Å². The van der Waals surface area contributed by atoms with Gasteiger partial charge in [0.15, 0.2) is 17.5 Å². The van der Waals surface area contributed by atoms with Crippen molar-refractivity contribution in [1.29, 1.82) is 5.26 Å². The second-order valence-electron chi connectivity index (χ2n) is 6.53. The molecule has 2 aromatic rings. The van der Waals surface area contributed by atoms with E-state index in [4.69, 9.17) is 16.9 Å². The number of rotatable bonds is 5. The average Bonchev–Trinajstić information content (AvgIpc) is 3.06. The van der Waals surface area contributed by atoms with Gasteiger partial charge in [-0.25, -0.2) is 13.2 Å². The average molecular weight is 408 g/mol. The zero-order valence-corrected chi connectivity index (χ0v) is 15.8. The number of likely N-dealkylation sites (tertiary alicyclic amines) is 1. The molecule has 0 radical (unpaired) electrons. The summed E-state index contributed by atoms with van der Waals surface area (Å²) in [6, 6.07) is 8.43. The molecule has 1 amide bonds. The van der Waals surface area contributed by atoms with E-state index < -0.39 is 17.5 Å². The Morgan fingerprint density at radius 2 is 2.00 bits per heavy atom. The van der Waals surface area contributed by atoms with Gasteiger partial charge in [0.05, 0.1) is 16.6 Å². The van der Waals surface area contributed by atoms with Gasteiger partial charge in [-0.1, -0.05) is 17.7 Å². The summed E-state index contributed by atoms with van der Waals surface area (Å²) in [4.78, 5) is 15.6. The number of anilines is 1. The molecule has 1 fully saturated rings. The van der Waals surface area contributed by atoms with E-state index >= 15 is 0 Å². The lowest BCUT2D eigenvalue weighted by Gasteiger charge is -2.31. The molecule has 28 heavy (non-hydrogen) atoms. The Morgan fingerprint density at radius 1 is 1.25 bits per heavy atom. The molecule has 0 N–H and O–H groups in total. The van der Waals surface area contributed by atoms with Crippen molar-refractivity contribution >= 4 is 23.2 Å². The van der Waals surface area contributed by atoms with Crippen molar-refractivity contribution in [3.8, 4) is 6.07 Å². The van der Waals surface area contributed by atoms with Crippen LogP contribution in [0.15, 0.2) is 30.3 Å². The molecule has 1 saturated heterocycles. The first-order valence-corrected chi connectivity index (χ1v) is 9.10. The van der Waals surface area contributed by atoms with Crippen molar-refractivity contribution in [1.82, 2.24) is 4.90 Å². The van der Waals surface area contributed by atoms with Gasteiger partial charge in [-0.05, 0) is 31.2 Å². The molecule has 8 heteroatoms. The number of benzene rings is 2. The summed E-state index contributed by atoms with van der Waals surface area (Å²) in [6.45, 7) is 2.73. The van der Waals surface area contributed by atoms with Crippen molar-refractivity contribution in [3.63, 3.8) is 0 Å². The monoisotopic (exact) mass is 407 g/mol. The molecule has 0 saturated carbocycles. The first kappa shape index (κ1) is 20.0. The topological polar surface area (TPSA) is 47.3 Å². The maximum atomic E-state index is 14.3. The van der Waals surface area contributed by atoms with Crippen LogP contribution in [0.3, 0.4) is 0 Å². The summed E-state index contributed by atoms with van der Waals surface area (Å²) in [5.41, 5.74) is 0.799. The van der Waals surface area contributed by atoms with Gasteiger partial charge < -0.3 is 9.80 Å². The molecule has 3 rings (SSSR count). The SMILES string of the molecule is CCN1C[C@@H](N(Cc2ccc(F)c(F)c2F)c2ccc(C#N)c(Cl)c2)CC1=O. The fourth-order valence-corrected chi connectivity index (χ4v) is 3.56. The van der Waals surface area contributed by atoms with E-state index in [0.717, 1.165) is 6.07 Å². The van der Waals surface area contributed by atoms with Crippen molar-refractivity contribution in [3.05, 3.63) is 63.9 Å². The van der Waals surface area contributed by atoms with E-state index in [1.54, 1.807) is 21.9 Å². The van der Waals surface area contributed by atoms with E-state index in [2.05, 4.69) is 0 Å². The van der Waals surface area contributed by atoms with Crippen LogP contribution >= 0.6 is 11.6 Å². The summed E-state index contributed by atoms with van der Waals surface area (Å²) in [7, 11) is 0. The fraction of sp³-hybridized carbons (Fsp3) is 0.300. The van der Waals surface area contributed by atoms with Crippen LogP contribution in [0.5, 0.6) is 0 Å². The van der Waals surface area contributed by atoms with Crippen LogP contribution in [0.2, 0.25) is 5.02 Å². The highest BCUT2D eigenvalue weighted by atomic mass is 35.5. The molecule has 1 heterocycles. The number of amides is 1. The van der Waals surface area contributed by atoms with Crippen LogP contribution < -0.4 is 4.90 Å². The molecule has 1 aliphatic heterocycles. The van der Waals surface area contributed by atoms with Gasteiger partial charge in [-0.2, -0.15) is 5.26 Å². The van der Waals surface area contributed by atoms with Crippen LogP contribution in [-0.2, 0) is 11.3 Å². The molecule has 0 spiro atoms. The Labute approximate surface area is 165 Å². The zero-order valence-electron chi connectivity index (χ0n) is 15.1. The van der Waals surface area contributed by atoms with Crippen molar-refractivity contribution in [2.45, 2.75) is 25.9 Å². The van der Waals surface area contributed by atoms with Crippen LogP contribution in [-0.4, -0.2) is 29.9 Å². The minimum atomic E-state index is -1.53. The van der Waals surface area contributed by atoms with Crippen molar-refractivity contribution in [2.75, 3.05) is 18.0 Å². The van der Waals surface area contributed by atoms with Crippen LogP contribution in [0.4, 0.5) is 18.9 Å². The summed E-state index contributed by atoms with van der Waals surface area (Å²) < 4.78 is 41.2. The number of nitrogens with zero attached hydrogens (tertiary/aromatic N) is 3. The Hall–Kier alpha value is -2.72. The number of likely N-dealkylation sites (N-methyl/N-ethyl adjacent to an activating group) is 1. The number of hydrogen-bond donors (Lipinski definition) is 0. The Morgan fingerprint density at radius 3 is 2.61 bits per heavy atom. The van der Waals surface area contributed by atoms with E-state index in [1.807, 2.05) is 13.0 Å². The Balaban J connectivity index is 2.00. The predicted molar refractivity (Wildman–Crippen MR) is 99.3 cm³/mol. The van der Waals surface area contributed by atoms with E-state index in [9.17, 15) is 18.0 Å². The van der Waals surface area contributed by atoms with Gasteiger partial charge in [0, 0.05) is 37.3 Å². The summed E-state index contributed by atoms with van der Waals surface area (Å²) in [6.07, 6.45) is 0.205. The third-order valence-corrected chi connectivity index (χ3v) is 5.19. The molecule has 146 valence electrons. The standard InChI is InChI=1S/C20H17ClF3N3O/c1-2-26-11-15(8-18(26)28)27(14-5-3-12(9-25)16(21)7-14)10-13-4-6-17(22)20(24)19(13)23/h3-7,15H,2,8,10-11H2,1H3/t15-/m0/s1. The molecule has 0 unspecified atom stereocenters. The maximum absolute atomic E-state index is 14.3. The van der Waals surface area contributed by atoms with Crippen LogP contribution in [0, 0.1) is 28.8 Å². The third-order valence-electron chi connectivity index (χ3n) is 4.88. The minimum Gasteiger partial charge on any atom is -0.362 e. The predicted octanol–water partition coefficient (Wildman–Crippen LogP) is 4.26. The van der Waals surface area contributed by atoms with Gasteiger partial charge >= 0.3 is 0 Å². The molecule has 2 aromatic carbocycles. The Bertz CT molecular complexity index is 960. The summed E-state index contributed by atoms with van der Waals surface area (Å²) in [5, 5.41) is 9.28. The molecule has 4 nitrogen and oxygen atoms in total. The zero-order chi connectivity index (χ0) is 20.4. The van der Waals surface area contributed by atoms with Crippen molar-refractivity contribution in [2.24, 2.45) is 0 Å². The number of nitriles is 1. The van der Waals surface area contributed by atoms with Crippen LogP contribution in [0.1, 0.15) is 24.5 Å². The van der Waals surface area contributed by atoms with Crippen LogP contribution in [0.25, 0.3) is 0 Å². The number of carbonyl (C=O) groups excluding carboxylic acids is 1. The molecule has 0 aromatic heterocycles. The molecular weight excluding hydrogens is 391 g/mol. The lowest BCUT2D eigenvalue weighted by atomic mass is 10.1. The van der Waals surface area contributed by atoms with Gasteiger partial charge in [-0.15, -0.1) is 0 Å². The third kappa shape index (κ3) is 3.78. The van der Waals surface area contributed by atoms with Gasteiger partial charge in [0.2, 0.25) is 5.91 Å². The lowest BCUT2D eigenvalue weighted by Crippen LogP contribution is -2.37. The highest BCUT2D eigenvalue weighted by molar-refractivity contribution is 6.32. The number of carbonyl (C=O) groups is 1. The molecular formula is C20H17ClF3N3O. The lowest BCUT2D eigenvalue weighted by molar-refractivity contribution is -0.127. The normalized spacial score (nSPS) is 16.4. The number of hydrogen-bond acceptors (Lipinski definition) is 3. The molecule has 0 bridgehead atoms. The highest BCUT2D eigenvalue weighted by Gasteiger charge is 2.33. The fourth-order valence-electron chi connectivity index (χ4n) is 3.34. The molecule has 1 aliphatic rings. The highest BCUT2D eigenvalue weighted by Crippen LogP contribution is 2.30. The quantitative estimate of drug-likeness (QED) is 0.696. The maximum Gasteiger partial charge on any atom is 0.224 e. The van der Waals surface area contributed by atoms with Gasteiger partial charge in [0.1, 0.15) is 6.07 Å². The first-order valence-electron chi connectivity index (χ1n) is 8.72. The van der Waals surface area contributed by atoms with E-state index in [0.29, 0.717) is 18.8 Å². The minimum absolute atomic E-state index is 0.0389. The molecule has 0 aliphatic carbocycles. The van der Waals surface area contributed by atoms with Crippen molar-refractivity contribution < 1.29 is 18.0 Å². The largest absolute Gasteiger partial charge is 0.362 e. The Kier molecular flexibility index (Phi) is 5.80. The first-order chi connectivity index (χ1) is 13.3. The van der Waals surface area contributed by atoms with Gasteiger partial charge in [-0.3, -0.25) is 4.79 Å². The van der Waals surface area contributed by atoms with E-state index in [-0.39, 0.29) is 41.1 Å². The number of halogens is 4. The summed E-state index contributed by atoms with van der Waals surface area (Å²) >= 11 is 6.13. The second-order valence-corrected chi connectivity index (χ2v) is 6.94.